The molecule has 2 N–H and O–H groups in total. The summed E-state index contributed by atoms with van der Waals surface area (Å²) < 4.78 is 18.3. The van der Waals surface area contributed by atoms with E-state index >= 15 is 0 Å². The summed E-state index contributed by atoms with van der Waals surface area (Å²) in [6.45, 7) is 0.701. The standard InChI is InChI=1S/C13H14FNO2/c14-11-5-2-1-4-10(11)8-15-9-12(16)13-6-3-7-17-13/h1-7,12,15-16H,8-9H2. The van der Waals surface area contributed by atoms with Crippen LogP contribution in [0.1, 0.15) is 17.4 Å². The first-order chi connectivity index (χ1) is 8.27. The Morgan fingerprint density at radius 2 is 2.06 bits per heavy atom. The van der Waals surface area contributed by atoms with Gasteiger partial charge in [0.25, 0.3) is 0 Å². The average Bonchev–Trinajstić information content (AvgIpc) is 2.85. The number of hydrogen-bond acceptors (Lipinski definition) is 3. The van der Waals surface area contributed by atoms with Gasteiger partial charge in [0.05, 0.1) is 6.26 Å². The Bertz CT molecular complexity index is 456. The van der Waals surface area contributed by atoms with Crippen molar-refractivity contribution in [2.75, 3.05) is 6.54 Å². The maximum absolute atomic E-state index is 13.3. The summed E-state index contributed by atoms with van der Waals surface area (Å²) in [5.74, 6) is 0.263. The van der Waals surface area contributed by atoms with Crippen LogP contribution in [0.15, 0.2) is 47.1 Å². The first kappa shape index (κ1) is 11.8. The minimum Gasteiger partial charge on any atom is -0.467 e. The molecule has 0 aliphatic rings. The van der Waals surface area contributed by atoms with E-state index in [0.29, 0.717) is 24.4 Å². The van der Waals surface area contributed by atoms with Gasteiger partial charge in [0.15, 0.2) is 0 Å². The molecule has 1 atom stereocenters. The van der Waals surface area contributed by atoms with Crippen molar-refractivity contribution >= 4 is 0 Å². The smallest absolute Gasteiger partial charge is 0.133 e. The van der Waals surface area contributed by atoms with E-state index in [-0.39, 0.29) is 5.82 Å². The monoisotopic (exact) mass is 235 g/mol. The molecule has 1 aromatic heterocycles. The van der Waals surface area contributed by atoms with Crippen LogP contribution in [0, 0.1) is 5.82 Å². The van der Waals surface area contributed by atoms with E-state index in [1.807, 2.05) is 0 Å². The lowest BCUT2D eigenvalue weighted by atomic mass is 10.2. The maximum Gasteiger partial charge on any atom is 0.133 e. The van der Waals surface area contributed by atoms with Crippen LogP contribution in [0.5, 0.6) is 0 Å². The first-order valence-corrected chi connectivity index (χ1v) is 5.43. The van der Waals surface area contributed by atoms with E-state index in [1.54, 1.807) is 30.3 Å². The van der Waals surface area contributed by atoms with E-state index in [0.717, 1.165) is 0 Å². The SMILES string of the molecule is OC(CNCc1ccccc1F)c1ccco1. The van der Waals surface area contributed by atoms with Crippen molar-refractivity contribution in [3.8, 4) is 0 Å². The van der Waals surface area contributed by atoms with Crippen LogP contribution in [0.25, 0.3) is 0 Å². The highest BCUT2D eigenvalue weighted by atomic mass is 19.1. The fourth-order valence-electron chi connectivity index (χ4n) is 1.57. The molecule has 0 saturated carbocycles. The van der Waals surface area contributed by atoms with Crippen molar-refractivity contribution in [3.63, 3.8) is 0 Å². The molecule has 3 nitrogen and oxygen atoms in total. The molecule has 2 rings (SSSR count). The van der Waals surface area contributed by atoms with Crippen molar-refractivity contribution in [2.45, 2.75) is 12.6 Å². The number of benzene rings is 1. The molecule has 17 heavy (non-hydrogen) atoms. The summed E-state index contributed by atoms with van der Waals surface area (Å²) in [6.07, 6.45) is 0.798. The molecule has 0 fully saturated rings. The molecule has 0 aliphatic carbocycles. The largest absolute Gasteiger partial charge is 0.467 e. The van der Waals surface area contributed by atoms with Gasteiger partial charge >= 0.3 is 0 Å². The summed E-state index contributed by atoms with van der Waals surface area (Å²) in [5, 5.41) is 12.7. The Kier molecular flexibility index (Phi) is 3.90. The van der Waals surface area contributed by atoms with Crippen molar-refractivity contribution in [3.05, 3.63) is 59.8 Å². The van der Waals surface area contributed by atoms with Crippen LogP contribution < -0.4 is 5.32 Å². The van der Waals surface area contributed by atoms with Crippen LogP contribution in [0.2, 0.25) is 0 Å². The van der Waals surface area contributed by atoms with Crippen molar-refractivity contribution in [1.29, 1.82) is 0 Å². The van der Waals surface area contributed by atoms with Crippen LogP contribution in [-0.4, -0.2) is 11.7 Å². The number of hydrogen-bond donors (Lipinski definition) is 2. The molecule has 1 aromatic carbocycles. The minimum atomic E-state index is -0.711. The second-order valence-corrected chi connectivity index (χ2v) is 3.75. The molecule has 1 unspecified atom stereocenters. The topological polar surface area (TPSA) is 45.4 Å². The molecule has 1 heterocycles. The lowest BCUT2D eigenvalue weighted by Crippen LogP contribution is -2.21. The van der Waals surface area contributed by atoms with Crippen LogP contribution in [-0.2, 0) is 6.54 Å². The molecule has 0 spiro atoms. The predicted molar refractivity (Wildman–Crippen MR) is 61.8 cm³/mol. The number of aliphatic hydroxyl groups is 1. The molecule has 0 amide bonds. The van der Waals surface area contributed by atoms with E-state index in [2.05, 4.69) is 5.32 Å². The molecule has 90 valence electrons. The van der Waals surface area contributed by atoms with Gasteiger partial charge in [-0.2, -0.15) is 0 Å². The van der Waals surface area contributed by atoms with Gasteiger partial charge in [-0.15, -0.1) is 0 Å². The highest BCUT2D eigenvalue weighted by Gasteiger charge is 2.09. The lowest BCUT2D eigenvalue weighted by molar-refractivity contribution is 0.147. The van der Waals surface area contributed by atoms with Gasteiger partial charge in [-0.1, -0.05) is 18.2 Å². The maximum atomic E-state index is 13.3. The normalized spacial score (nSPS) is 12.6. The molecule has 0 aliphatic heterocycles. The molecule has 0 radical (unpaired) electrons. The van der Waals surface area contributed by atoms with Crippen molar-refractivity contribution < 1.29 is 13.9 Å². The van der Waals surface area contributed by atoms with Gasteiger partial charge in [-0.05, 0) is 18.2 Å². The Labute approximate surface area is 98.9 Å². The van der Waals surface area contributed by atoms with E-state index in [4.69, 9.17) is 4.42 Å². The zero-order chi connectivity index (χ0) is 12.1. The van der Waals surface area contributed by atoms with Gasteiger partial charge < -0.3 is 14.8 Å². The molecule has 2 aromatic rings. The summed E-state index contributed by atoms with van der Waals surface area (Å²) in [7, 11) is 0. The number of nitrogens with one attached hydrogen (secondary N) is 1. The molecule has 0 bridgehead atoms. The van der Waals surface area contributed by atoms with Gasteiger partial charge in [-0.25, -0.2) is 4.39 Å². The molecular weight excluding hydrogens is 221 g/mol. The third kappa shape index (κ3) is 3.15. The number of halogens is 1. The quantitative estimate of drug-likeness (QED) is 0.835. The summed E-state index contributed by atoms with van der Waals surface area (Å²) in [6, 6.07) is 9.98. The summed E-state index contributed by atoms with van der Waals surface area (Å²) >= 11 is 0. The fraction of sp³-hybridized carbons (Fsp3) is 0.231. The van der Waals surface area contributed by atoms with Crippen molar-refractivity contribution in [1.82, 2.24) is 5.32 Å². The van der Waals surface area contributed by atoms with Crippen LogP contribution >= 0.6 is 0 Å². The Morgan fingerprint density at radius 3 is 2.76 bits per heavy atom. The van der Waals surface area contributed by atoms with Crippen molar-refractivity contribution in [2.24, 2.45) is 0 Å². The Hall–Kier alpha value is -1.65. The summed E-state index contributed by atoms with van der Waals surface area (Å²) in [4.78, 5) is 0. The highest BCUT2D eigenvalue weighted by molar-refractivity contribution is 5.17. The second-order valence-electron chi connectivity index (χ2n) is 3.75. The number of furan rings is 1. The zero-order valence-electron chi connectivity index (χ0n) is 9.27. The Balaban J connectivity index is 1.82. The predicted octanol–water partition coefficient (Wildman–Crippen LogP) is 2.24. The minimum absolute atomic E-state index is 0.243. The molecule has 4 heteroatoms. The van der Waals surface area contributed by atoms with E-state index < -0.39 is 6.10 Å². The third-order valence-corrected chi connectivity index (χ3v) is 2.48. The van der Waals surface area contributed by atoms with Crippen LogP contribution in [0.3, 0.4) is 0 Å². The van der Waals surface area contributed by atoms with Gasteiger partial charge in [0.2, 0.25) is 0 Å². The number of aliphatic hydroxyl groups excluding tert-OH is 1. The molecule has 0 saturated heterocycles. The van der Waals surface area contributed by atoms with Gasteiger partial charge in [0.1, 0.15) is 17.7 Å². The Morgan fingerprint density at radius 1 is 1.24 bits per heavy atom. The van der Waals surface area contributed by atoms with Gasteiger partial charge in [-0.3, -0.25) is 0 Å². The van der Waals surface area contributed by atoms with Crippen LogP contribution in [0.4, 0.5) is 4.39 Å². The first-order valence-electron chi connectivity index (χ1n) is 5.43. The number of rotatable bonds is 5. The van der Waals surface area contributed by atoms with E-state index in [1.165, 1.54) is 12.3 Å². The van der Waals surface area contributed by atoms with Gasteiger partial charge in [0, 0.05) is 18.7 Å². The molecular formula is C13H14FNO2. The zero-order valence-corrected chi connectivity index (χ0v) is 9.27. The summed E-state index contributed by atoms with van der Waals surface area (Å²) in [5.41, 5.74) is 0.583. The van der Waals surface area contributed by atoms with E-state index in [9.17, 15) is 9.50 Å². The average molecular weight is 235 g/mol. The second kappa shape index (κ2) is 5.61. The highest BCUT2D eigenvalue weighted by Crippen LogP contribution is 2.12. The third-order valence-electron chi connectivity index (χ3n) is 2.48. The fourth-order valence-corrected chi connectivity index (χ4v) is 1.57. The lowest BCUT2D eigenvalue weighted by Gasteiger charge is -2.09.